The van der Waals surface area contributed by atoms with Gasteiger partial charge in [-0.3, -0.25) is 29.3 Å². The Balaban J connectivity index is 0.000000530. The maximum absolute atomic E-state index is 11.7. The van der Waals surface area contributed by atoms with Crippen LogP contribution in [0.15, 0.2) is 109 Å². The zero-order valence-electron chi connectivity index (χ0n) is 33.8. The van der Waals surface area contributed by atoms with Crippen LogP contribution in [-0.4, -0.2) is 112 Å². The van der Waals surface area contributed by atoms with Crippen molar-refractivity contribution in [2.45, 2.75) is 38.9 Å². The molecular weight excluding hydrogens is 871 g/mol. The molecule has 0 spiro atoms. The van der Waals surface area contributed by atoms with Crippen molar-refractivity contribution < 1.29 is 50.4 Å². The average Bonchev–Trinajstić information content (AvgIpc) is 3.26. The van der Waals surface area contributed by atoms with Gasteiger partial charge < -0.3 is 37.3 Å². The quantitative estimate of drug-likeness (QED) is 0.0297. The number of nitro groups is 1. The molecule has 0 saturated carbocycles. The van der Waals surface area contributed by atoms with Crippen LogP contribution in [-0.2, 0) is 50.8 Å². The Morgan fingerprint density at radius 3 is 1.47 bits per heavy atom. The van der Waals surface area contributed by atoms with Crippen molar-refractivity contribution in [1.29, 1.82) is 0 Å². The molecule has 2 heterocycles. The molecule has 320 valence electrons. The van der Waals surface area contributed by atoms with Crippen molar-refractivity contribution in [2.24, 2.45) is 11.5 Å². The van der Waals surface area contributed by atoms with Gasteiger partial charge in [0, 0.05) is 44.4 Å². The second-order valence-electron chi connectivity index (χ2n) is 11.7. The van der Waals surface area contributed by atoms with Crippen LogP contribution >= 0.6 is 0 Å². The first-order valence-corrected chi connectivity index (χ1v) is 29.2. The van der Waals surface area contributed by atoms with E-state index in [9.17, 15) is 29.3 Å². The van der Waals surface area contributed by atoms with E-state index >= 15 is 0 Å². The molecule has 0 aliphatic carbocycles. The van der Waals surface area contributed by atoms with Crippen molar-refractivity contribution in [1.82, 2.24) is 9.97 Å². The first-order chi connectivity index (χ1) is 29.7. The summed E-state index contributed by atoms with van der Waals surface area (Å²) in [5.74, 6) is -1.40. The number of primary amides is 2. The third-order valence-electron chi connectivity index (χ3n) is 7.29. The van der Waals surface area contributed by atoms with E-state index in [2.05, 4.69) is 20.6 Å². The van der Waals surface area contributed by atoms with Crippen LogP contribution in [0.3, 0.4) is 0 Å². The Labute approximate surface area is 387 Å². The van der Waals surface area contributed by atoms with Crippen LogP contribution in [0, 0.1) is 10.1 Å². The number of aromatic nitrogens is 2. The molecule has 2 aromatic carbocycles. The second-order valence-corrected chi connectivity index (χ2v) is 14.2. The first kappa shape index (κ1) is 54.6. The minimum absolute atomic E-state index is 0.0296. The van der Waals surface area contributed by atoms with Gasteiger partial charge in [-0.25, -0.2) is 9.97 Å². The predicted molar refractivity (Wildman–Crippen MR) is 232 cm³/mol. The fraction of sp³-hybridized carbons (Fsp3) is 0.211. The van der Waals surface area contributed by atoms with Crippen LogP contribution in [0.1, 0.15) is 57.5 Å². The molecule has 24 heteroatoms. The van der Waals surface area contributed by atoms with E-state index in [0.29, 0.717) is 37.3 Å². The fourth-order valence-electron chi connectivity index (χ4n) is 4.36. The van der Waals surface area contributed by atoms with E-state index in [1.165, 1.54) is 62.1 Å². The van der Waals surface area contributed by atoms with E-state index in [1.54, 1.807) is 12.2 Å². The molecule has 0 unspecified atom stereocenters. The zero-order chi connectivity index (χ0) is 46.3. The number of carbonyl (C=O) groups is 4. The molecule has 0 bridgehead atoms. The third-order valence-corrected chi connectivity index (χ3v) is 8.17. The number of hydrogen-bond acceptors (Lipinski definition) is 17. The number of nitrogens with two attached hydrogens (primary N) is 3. The van der Waals surface area contributed by atoms with Gasteiger partial charge in [0.15, 0.2) is 0 Å². The average molecular weight is 913 g/mol. The van der Waals surface area contributed by atoms with Gasteiger partial charge in [-0.2, -0.15) is 16.8 Å². The number of amides is 2. The predicted octanol–water partition coefficient (Wildman–Crippen LogP) is 2.73. The van der Waals surface area contributed by atoms with Crippen LogP contribution < -0.4 is 27.8 Å². The van der Waals surface area contributed by atoms with Gasteiger partial charge in [0.1, 0.15) is 19.0 Å². The van der Waals surface area contributed by atoms with Crippen LogP contribution in [0.2, 0.25) is 0 Å². The monoisotopic (exact) mass is 912 g/mol. The number of nitrogens with one attached hydrogen (secondary N) is 2. The van der Waals surface area contributed by atoms with E-state index < -0.39 is 35.3 Å². The maximum atomic E-state index is 11.7. The van der Waals surface area contributed by atoms with Crippen molar-refractivity contribution >= 4 is 109 Å². The molecule has 20 nitrogen and oxygen atoms in total. The van der Waals surface area contributed by atoms with Gasteiger partial charge in [-0.05, 0) is 30.0 Å². The van der Waals surface area contributed by atoms with E-state index in [1.807, 2.05) is 72.8 Å². The molecule has 8 N–H and O–H groups in total. The van der Waals surface area contributed by atoms with Crippen molar-refractivity contribution in [3.63, 3.8) is 0 Å². The summed E-state index contributed by atoms with van der Waals surface area (Å²) in [5.41, 5.74) is 18.2. The Hall–Kier alpha value is -5.46. The number of carbonyl (C=O) groups excluding carboxylic acids is 4. The molecule has 62 heavy (non-hydrogen) atoms. The molecule has 2 amide bonds. The molecule has 4 aromatic rings. The molecule has 0 atom stereocenters. The van der Waals surface area contributed by atoms with E-state index in [4.69, 9.17) is 43.5 Å². The van der Waals surface area contributed by atoms with Crippen LogP contribution in [0.5, 0.6) is 0 Å². The van der Waals surface area contributed by atoms with Crippen LogP contribution in [0.25, 0.3) is 0 Å². The number of ether oxygens (including phenoxy) is 2. The van der Waals surface area contributed by atoms with Gasteiger partial charge in [0.05, 0.1) is 21.7 Å². The first-order valence-electron chi connectivity index (χ1n) is 18.5. The van der Waals surface area contributed by atoms with Gasteiger partial charge in [0.25, 0.3) is 5.91 Å². The summed E-state index contributed by atoms with van der Waals surface area (Å²) in [7, 11) is -5.90. The van der Waals surface area contributed by atoms with Crippen molar-refractivity contribution in [3.8, 4) is 0 Å². The number of esters is 2. The van der Waals surface area contributed by atoms with Gasteiger partial charge in [-0.1, -0.05) is 85.0 Å². The van der Waals surface area contributed by atoms with Crippen molar-refractivity contribution in [2.75, 3.05) is 29.5 Å². The third kappa shape index (κ3) is 24.1. The summed E-state index contributed by atoms with van der Waals surface area (Å²) in [6.45, 7) is 1.29. The number of hydrogen-bond donors (Lipinski definition) is 5. The van der Waals surface area contributed by atoms with Crippen LogP contribution in [0.4, 0.5) is 23.0 Å². The topological polar surface area (TPSA) is 326 Å². The number of nitrogen functional groups attached to an aromatic ring is 1. The van der Waals surface area contributed by atoms with Crippen molar-refractivity contribution in [3.05, 3.63) is 142 Å². The number of benzene rings is 2. The zero-order valence-corrected chi connectivity index (χ0v) is 39.5. The van der Waals surface area contributed by atoms with Gasteiger partial charge in [0.2, 0.25) is 11.7 Å². The second kappa shape index (κ2) is 32.3. The van der Waals surface area contributed by atoms with Gasteiger partial charge >= 0.3 is 79.8 Å². The standard InChI is InChI=1S/C19H20N4O5.C19H22N4O3.2Na.O4S2/c20-18(25)15-11-16(23(26)27)19(22-12-15)21-10-6-2-5-9-17(24)28-13-14-7-3-1-4-8-14;20-16-11-15(18(21)25)12-23-19(16)22-10-6-2-5-9-17(24)26-13-14-7-3-1-4-8-14;;;1-5(2)6(3)4/h1-4,6-8,11-12H,5,9-10,13H2,(H2,20,25)(H,21,22);1-4,6-8,11-12H,5,9-10,13,20H2,(H2,21,25)(H,22,23);;;/b2*6-2+;;;. The Morgan fingerprint density at radius 2 is 1.08 bits per heavy atom. The fourth-order valence-corrected chi connectivity index (χ4v) is 4.36. The van der Waals surface area contributed by atoms with E-state index in [0.717, 1.165) is 17.2 Å². The summed E-state index contributed by atoms with van der Waals surface area (Å²) in [4.78, 5) is 63.8. The van der Waals surface area contributed by atoms with E-state index in [-0.39, 0.29) is 60.8 Å². The summed E-state index contributed by atoms with van der Waals surface area (Å²) < 4.78 is 46.7. The normalized spacial score (nSPS) is 10.1. The SMILES string of the molecule is NC(=O)c1cnc(NC/C=C/CCC(=O)OCc2ccccc2)c(N)c1.NC(=O)c1cnc(NC/C=C/CCC(=O)OCc2ccccc2)c([N+](=O)[O-])c1.O=S(=O)=S(=O)=O.[Na][Na]. The number of anilines is 3. The number of rotatable bonds is 19. The summed E-state index contributed by atoms with van der Waals surface area (Å²) in [6, 6.07) is 21.5. The Morgan fingerprint density at radius 1 is 0.677 bits per heavy atom. The minimum atomic E-state index is -2.95. The molecule has 0 aliphatic rings. The summed E-state index contributed by atoms with van der Waals surface area (Å²) in [5, 5.41) is 16.9. The Bertz CT molecular complexity index is 2370. The molecular formula is C38H42N8Na2O12S2. The number of pyridine rings is 2. The summed E-state index contributed by atoms with van der Waals surface area (Å²) >= 11 is 2.89. The summed E-state index contributed by atoms with van der Waals surface area (Å²) in [6.07, 6.45) is 11.4. The molecule has 2 aromatic heterocycles. The molecule has 0 fully saturated rings. The molecule has 0 radical (unpaired) electrons. The molecule has 0 aliphatic heterocycles. The molecule has 4 rings (SSSR count). The number of allylic oxidation sites excluding steroid dienone is 2. The molecule has 0 saturated heterocycles. The van der Waals surface area contributed by atoms with Gasteiger partial charge in [-0.15, -0.1) is 0 Å². The number of nitrogens with zero attached hydrogens (tertiary/aromatic N) is 3. The Kier molecular flexibility index (Phi) is 28.4.